The van der Waals surface area contributed by atoms with Crippen LogP contribution in [0.2, 0.25) is 5.02 Å². The van der Waals surface area contributed by atoms with Crippen molar-refractivity contribution in [2.45, 2.75) is 39.5 Å². The smallest absolute Gasteiger partial charge is 0.361 e. The van der Waals surface area contributed by atoms with Gasteiger partial charge in [0.05, 0.1) is 0 Å². The Morgan fingerprint density at radius 3 is 2.05 bits per heavy atom. The first kappa shape index (κ1) is 25.4. The van der Waals surface area contributed by atoms with Gasteiger partial charge in [0, 0.05) is 5.02 Å². The summed E-state index contributed by atoms with van der Waals surface area (Å²) in [5.41, 5.74) is 0. The van der Waals surface area contributed by atoms with Gasteiger partial charge < -0.3 is 4.72 Å². The van der Waals surface area contributed by atoms with E-state index in [1.165, 1.54) is 19.5 Å². The Bertz CT molecular complexity index is 441. The van der Waals surface area contributed by atoms with E-state index >= 15 is 0 Å². The van der Waals surface area contributed by atoms with Gasteiger partial charge in [-0.3, -0.25) is 6.54 Å². The van der Waals surface area contributed by atoms with E-state index in [1.54, 1.807) is 0 Å². The van der Waals surface area contributed by atoms with Crippen LogP contribution in [-0.2, 0) is 10.0 Å². The first-order chi connectivity index (χ1) is 8.47. The minimum Gasteiger partial charge on any atom is -0.361 e. The summed E-state index contributed by atoms with van der Waals surface area (Å²) in [5.74, 6) is -0.869. The topological polar surface area (TPSA) is 46.2 Å². The van der Waals surface area contributed by atoms with Crippen LogP contribution in [0.1, 0.15) is 34.6 Å². The summed E-state index contributed by atoms with van der Waals surface area (Å²) in [7, 11) is -3.80. The van der Waals surface area contributed by atoms with Crippen molar-refractivity contribution in [1.82, 2.24) is 4.72 Å². The third kappa shape index (κ3) is 9.87. The number of rotatable bonds is 3. The SMILES string of the molecule is CC.CC.C[CH-]NS(=O)(=O)c1ccc(Cl)cc1F.[Cs+]. The van der Waals surface area contributed by atoms with Crippen LogP contribution >= 0.6 is 11.6 Å². The van der Waals surface area contributed by atoms with Gasteiger partial charge in [-0.05, 0) is 18.2 Å². The quantitative estimate of drug-likeness (QED) is 0.729. The molecular formula is C12H20ClCsFNO2S. The van der Waals surface area contributed by atoms with E-state index < -0.39 is 20.7 Å². The van der Waals surface area contributed by atoms with Crippen molar-refractivity contribution in [3.63, 3.8) is 0 Å². The van der Waals surface area contributed by atoms with Gasteiger partial charge in [0.1, 0.15) is 10.7 Å². The van der Waals surface area contributed by atoms with E-state index in [0.717, 1.165) is 12.1 Å². The van der Waals surface area contributed by atoms with Crippen LogP contribution in [-0.4, -0.2) is 8.42 Å². The minimum absolute atomic E-state index is 0. The van der Waals surface area contributed by atoms with Gasteiger partial charge in [-0.25, -0.2) is 12.8 Å². The van der Waals surface area contributed by atoms with Gasteiger partial charge in [0.15, 0.2) is 0 Å². The minimum atomic E-state index is -3.80. The van der Waals surface area contributed by atoms with Crippen molar-refractivity contribution in [2.75, 3.05) is 0 Å². The van der Waals surface area contributed by atoms with Crippen LogP contribution in [0.15, 0.2) is 23.1 Å². The van der Waals surface area contributed by atoms with Gasteiger partial charge in [-0.2, -0.15) is 6.92 Å². The molecule has 1 aromatic carbocycles. The Hall–Kier alpha value is 1.40. The molecule has 3 nitrogen and oxygen atoms in total. The second-order valence-corrected chi connectivity index (χ2v) is 4.60. The van der Waals surface area contributed by atoms with E-state index in [-0.39, 0.29) is 73.9 Å². The second kappa shape index (κ2) is 14.3. The van der Waals surface area contributed by atoms with Crippen molar-refractivity contribution >= 4 is 21.6 Å². The fourth-order valence-corrected chi connectivity index (χ4v) is 2.07. The van der Waals surface area contributed by atoms with E-state index in [0.29, 0.717) is 0 Å². The van der Waals surface area contributed by atoms with E-state index in [4.69, 9.17) is 11.6 Å². The van der Waals surface area contributed by atoms with Crippen LogP contribution in [0.5, 0.6) is 0 Å². The molecule has 0 fully saturated rings. The molecule has 0 bridgehead atoms. The fourth-order valence-electron chi connectivity index (χ4n) is 0.912. The predicted molar refractivity (Wildman–Crippen MR) is 74.4 cm³/mol. The third-order valence-corrected chi connectivity index (χ3v) is 3.15. The van der Waals surface area contributed by atoms with E-state index in [9.17, 15) is 12.8 Å². The van der Waals surface area contributed by atoms with Crippen molar-refractivity contribution in [3.8, 4) is 0 Å². The van der Waals surface area contributed by atoms with Crippen molar-refractivity contribution < 1.29 is 81.7 Å². The van der Waals surface area contributed by atoms with E-state index in [2.05, 4.69) is 4.72 Å². The molecule has 0 aromatic heterocycles. The Morgan fingerprint density at radius 1 is 1.21 bits per heavy atom. The normalized spacial score (nSPS) is 9.21. The molecule has 1 N–H and O–H groups in total. The molecule has 0 spiro atoms. The first-order valence-corrected chi connectivity index (χ1v) is 7.58. The Morgan fingerprint density at radius 2 is 1.68 bits per heavy atom. The number of benzene rings is 1. The molecule has 106 valence electrons. The van der Waals surface area contributed by atoms with Crippen LogP contribution in [0, 0.1) is 12.4 Å². The van der Waals surface area contributed by atoms with Crippen molar-refractivity contribution in [2.24, 2.45) is 0 Å². The zero-order chi connectivity index (χ0) is 14.8. The molecule has 0 heterocycles. The van der Waals surface area contributed by atoms with Crippen LogP contribution in [0.25, 0.3) is 0 Å². The molecule has 19 heavy (non-hydrogen) atoms. The summed E-state index contributed by atoms with van der Waals surface area (Å²) in [6.45, 7) is 10.7. The molecule has 7 heteroatoms. The summed E-state index contributed by atoms with van der Waals surface area (Å²) < 4.78 is 37.9. The maximum Gasteiger partial charge on any atom is 1.00 e. The average Bonchev–Trinajstić information content (AvgIpc) is 2.33. The molecule has 0 atom stereocenters. The summed E-state index contributed by atoms with van der Waals surface area (Å²) in [4.78, 5) is -0.417. The number of halogens is 2. The van der Waals surface area contributed by atoms with Crippen LogP contribution in [0.3, 0.4) is 0 Å². The second-order valence-electron chi connectivity index (χ2n) is 2.48. The summed E-state index contributed by atoms with van der Waals surface area (Å²) >= 11 is 5.48. The van der Waals surface area contributed by atoms with Crippen LogP contribution < -0.4 is 73.6 Å². The first-order valence-electron chi connectivity index (χ1n) is 5.72. The molecule has 0 aliphatic carbocycles. The zero-order valence-electron chi connectivity index (χ0n) is 12.3. The molecule has 0 aliphatic rings. The molecule has 0 saturated heterocycles. The van der Waals surface area contributed by atoms with Gasteiger partial charge >= 0.3 is 68.9 Å². The van der Waals surface area contributed by atoms with Gasteiger partial charge in [-0.15, -0.1) is 0 Å². The Kier molecular flexibility index (Phi) is 19.1. The average molecular weight is 430 g/mol. The number of sulfonamides is 1. The number of nitrogens with one attached hydrogen (secondary N) is 1. The molecule has 1 rings (SSSR count). The standard InChI is InChI=1S/C8H8ClFNO2S.2C2H6.Cs/c1-2-11-14(12,13)8-4-3-6(9)5-7(8)10;2*1-2;/h2-5,11H,1H3;2*1-2H3;/q-1;;;+1. The summed E-state index contributed by atoms with van der Waals surface area (Å²) in [5, 5.41) is 0.155. The molecular weight excluding hydrogens is 410 g/mol. The predicted octanol–water partition coefficient (Wildman–Crippen LogP) is 0.995. The Labute approximate surface area is 180 Å². The van der Waals surface area contributed by atoms with E-state index in [1.807, 2.05) is 27.7 Å². The van der Waals surface area contributed by atoms with Crippen LogP contribution in [0.4, 0.5) is 4.39 Å². The van der Waals surface area contributed by atoms with Gasteiger partial charge in [-0.1, -0.05) is 39.3 Å². The largest absolute Gasteiger partial charge is 1.00 e. The monoisotopic (exact) mass is 429 g/mol. The zero-order valence-corrected chi connectivity index (χ0v) is 20.1. The molecule has 0 radical (unpaired) electrons. The van der Waals surface area contributed by atoms with Gasteiger partial charge in [0.25, 0.3) is 0 Å². The number of hydrogen-bond acceptors (Lipinski definition) is 2. The summed E-state index contributed by atoms with van der Waals surface area (Å²) in [6, 6.07) is 3.38. The van der Waals surface area contributed by atoms with Crippen molar-refractivity contribution in [1.29, 1.82) is 0 Å². The molecule has 0 aliphatic heterocycles. The molecule has 0 saturated carbocycles. The maximum atomic E-state index is 13.2. The molecule has 0 amide bonds. The summed E-state index contributed by atoms with van der Waals surface area (Å²) in [6.07, 6.45) is 0. The maximum absolute atomic E-state index is 13.2. The fraction of sp³-hybridized carbons (Fsp3) is 0.417. The third-order valence-electron chi connectivity index (χ3n) is 1.46. The molecule has 0 unspecified atom stereocenters. The Balaban J connectivity index is -0.000000467. The molecule has 1 aromatic rings. The van der Waals surface area contributed by atoms with Gasteiger partial charge in [0.2, 0.25) is 10.0 Å². The number of hydrogen-bond donors (Lipinski definition) is 1. The van der Waals surface area contributed by atoms with Crippen molar-refractivity contribution in [3.05, 3.63) is 35.6 Å².